The molecule has 2 aliphatic carbocycles. The number of nitrogens with one attached hydrogen (secondary N) is 1. The number of aliphatic hydroxyl groups is 2. The lowest BCUT2D eigenvalue weighted by atomic mass is 9.57. The predicted molar refractivity (Wildman–Crippen MR) is 132 cm³/mol. The minimum atomic E-state index is -0.933. The number of carbonyl (C=O) groups is 2. The molecule has 1 saturated heterocycles. The lowest BCUT2D eigenvalue weighted by Crippen LogP contribution is -2.57. The van der Waals surface area contributed by atoms with Crippen LogP contribution in [0.5, 0.6) is 0 Å². The van der Waals surface area contributed by atoms with Crippen LogP contribution >= 0.6 is 0 Å². The molecule has 9 nitrogen and oxygen atoms in total. The molecule has 1 aromatic rings. The summed E-state index contributed by atoms with van der Waals surface area (Å²) in [5, 5.41) is 22.1. The van der Waals surface area contributed by atoms with Gasteiger partial charge in [-0.25, -0.2) is 9.59 Å². The minimum absolute atomic E-state index is 0.175. The highest BCUT2D eigenvalue weighted by Gasteiger charge is 2.69. The molecule has 4 bridgehead atoms. The number of aliphatic hydroxyl groups excluding tert-OH is 2. The largest absolute Gasteiger partial charge is 0.457 e. The van der Waals surface area contributed by atoms with Crippen molar-refractivity contribution in [2.75, 3.05) is 7.11 Å². The maximum Gasteiger partial charge on any atom is 0.355 e. The minimum Gasteiger partial charge on any atom is -0.457 e. The normalized spacial score (nSPS) is 45.3. The molecule has 202 valence electrons. The number of aromatic amines is 1. The van der Waals surface area contributed by atoms with E-state index in [0.29, 0.717) is 5.69 Å². The van der Waals surface area contributed by atoms with Crippen molar-refractivity contribution in [1.82, 2.24) is 4.98 Å². The fourth-order valence-corrected chi connectivity index (χ4v) is 7.14. The van der Waals surface area contributed by atoms with Gasteiger partial charge in [0.25, 0.3) is 0 Å². The third-order valence-corrected chi connectivity index (χ3v) is 8.94. The number of hydrogen-bond acceptors (Lipinski definition) is 8. The Kier molecular flexibility index (Phi) is 6.85. The van der Waals surface area contributed by atoms with Crippen LogP contribution in [0.15, 0.2) is 42.1 Å². The molecular formula is C28H37NO8. The van der Waals surface area contributed by atoms with Gasteiger partial charge in [0.05, 0.1) is 12.2 Å². The van der Waals surface area contributed by atoms with Crippen molar-refractivity contribution < 1.29 is 38.7 Å². The van der Waals surface area contributed by atoms with Crippen LogP contribution in [0.1, 0.15) is 44.6 Å². The van der Waals surface area contributed by atoms with Crippen molar-refractivity contribution in [2.45, 2.75) is 76.3 Å². The first-order chi connectivity index (χ1) is 17.6. The molecule has 37 heavy (non-hydrogen) atoms. The highest BCUT2D eigenvalue weighted by Crippen LogP contribution is 2.61. The average molecular weight is 516 g/mol. The van der Waals surface area contributed by atoms with E-state index in [-0.39, 0.29) is 36.0 Å². The monoisotopic (exact) mass is 515 g/mol. The van der Waals surface area contributed by atoms with Gasteiger partial charge in [0, 0.05) is 42.9 Å². The topological polar surface area (TPSA) is 127 Å². The summed E-state index contributed by atoms with van der Waals surface area (Å²) in [6.07, 6.45) is 3.53. The highest BCUT2D eigenvalue weighted by molar-refractivity contribution is 5.87. The van der Waals surface area contributed by atoms with Crippen LogP contribution in [-0.2, 0) is 23.7 Å². The van der Waals surface area contributed by atoms with Crippen molar-refractivity contribution in [2.24, 2.45) is 29.6 Å². The quantitative estimate of drug-likeness (QED) is 0.412. The molecule has 1 saturated carbocycles. The number of cyclic esters (lactones) is 1. The van der Waals surface area contributed by atoms with Crippen LogP contribution in [0, 0.1) is 29.6 Å². The van der Waals surface area contributed by atoms with Gasteiger partial charge in [0.15, 0.2) is 6.10 Å². The number of hydrogen-bond donors (Lipinski definition) is 3. The van der Waals surface area contributed by atoms with Crippen LogP contribution in [0.25, 0.3) is 0 Å². The Labute approximate surface area is 216 Å². The number of H-pyrrole nitrogens is 1. The summed E-state index contributed by atoms with van der Waals surface area (Å²) in [5.74, 6) is -2.49. The van der Waals surface area contributed by atoms with E-state index in [4.69, 9.17) is 18.9 Å². The summed E-state index contributed by atoms with van der Waals surface area (Å²) in [4.78, 5) is 28.8. The van der Waals surface area contributed by atoms with Gasteiger partial charge in [-0.15, -0.1) is 0 Å². The van der Waals surface area contributed by atoms with E-state index in [1.807, 2.05) is 39.0 Å². The first-order valence-corrected chi connectivity index (χ1v) is 13.1. The van der Waals surface area contributed by atoms with Gasteiger partial charge < -0.3 is 34.1 Å². The molecule has 9 heteroatoms. The maximum absolute atomic E-state index is 13.1. The third kappa shape index (κ3) is 4.07. The summed E-state index contributed by atoms with van der Waals surface area (Å²) >= 11 is 0. The van der Waals surface area contributed by atoms with E-state index in [1.54, 1.807) is 25.3 Å². The Balaban J connectivity index is 1.58. The van der Waals surface area contributed by atoms with E-state index in [9.17, 15) is 19.8 Å². The van der Waals surface area contributed by atoms with Gasteiger partial charge in [0.1, 0.15) is 29.6 Å². The Morgan fingerprint density at radius 3 is 2.70 bits per heavy atom. The van der Waals surface area contributed by atoms with Crippen molar-refractivity contribution in [3.63, 3.8) is 0 Å². The van der Waals surface area contributed by atoms with Crippen LogP contribution in [0.2, 0.25) is 0 Å². The number of methoxy groups -OCH3 is 1. The molecule has 2 fully saturated rings. The van der Waals surface area contributed by atoms with Crippen molar-refractivity contribution in [3.8, 4) is 0 Å². The second-order valence-electron chi connectivity index (χ2n) is 11.1. The van der Waals surface area contributed by atoms with Crippen LogP contribution in [0.3, 0.4) is 0 Å². The van der Waals surface area contributed by atoms with Crippen molar-refractivity contribution in [1.29, 1.82) is 0 Å². The standard InChI is InChI=1S/C28H37NO8/c1-13-11-14(2)28-17(12-20(34-5)27(33)35-23(13)16(4)30)8-9-18-21(28)22(31)15(3)24(25(18)37-28)36-26(32)19-7-6-10-29-19/h6-11,13,15-18,20-25,29-31H,12H2,1-5H3/b14-11-/t13-,15-,16-,17-,18-,20+,21+,22-,23+,24-,25-,28-/m1/s1. The van der Waals surface area contributed by atoms with Crippen LogP contribution < -0.4 is 0 Å². The first kappa shape index (κ1) is 26.2. The Morgan fingerprint density at radius 2 is 2.05 bits per heavy atom. The van der Waals surface area contributed by atoms with E-state index in [1.165, 1.54) is 7.11 Å². The highest BCUT2D eigenvalue weighted by atomic mass is 16.6. The summed E-state index contributed by atoms with van der Waals surface area (Å²) in [5.41, 5.74) is 0.301. The second-order valence-corrected chi connectivity index (χ2v) is 11.1. The van der Waals surface area contributed by atoms with E-state index in [2.05, 4.69) is 4.98 Å². The lowest BCUT2D eigenvalue weighted by molar-refractivity contribution is -0.172. The predicted octanol–water partition coefficient (Wildman–Crippen LogP) is 2.40. The second kappa shape index (κ2) is 9.69. The molecule has 1 spiro atoms. The van der Waals surface area contributed by atoms with Gasteiger partial charge in [-0.3, -0.25) is 0 Å². The molecule has 4 aliphatic rings. The SMILES string of the molecule is CO[C@H]1C[C@H]2C=C[C@H]3[C@H]4O[C@@]2(/C(C)=C\[C@@H](C)[C@@H]([C@@H](C)O)OC1=O)[C@@H]3[C@H](O)[C@@H](C)[C@H]4OC(=O)c1ccc[nH]1. The summed E-state index contributed by atoms with van der Waals surface area (Å²) < 4.78 is 24.2. The molecular weight excluding hydrogens is 478 g/mol. The first-order valence-electron chi connectivity index (χ1n) is 13.1. The van der Waals surface area contributed by atoms with Crippen LogP contribution in [-0.4, -0.2) is 76.5 Å². The molecule has 2 aliphatic heterocycles. The summed E-state index contributed by atoms with van der Waals surface area (Å²) in [6.45, 7) is 7.35. The zero-order valence-corrected chi connectivity index (χ0v) is 21.9. The Morgan fingerprint density at radius 1 is 1.30 bits per heavy atom. The molecule has 0 amide bonds. The van der Waals surface area contributed by atoms with Crippen molar-refractivity contribution in [3.05, 3.63) is 47.8 Å². The molecule has 5 rings (SSSR count). The number of ether oxygens (including phenoxy) is 4. The molecule has 12 atom stereocenters. The van der Waals surface area contributed by atoms with E-state index < -0.39 is 54.2 Å². The third-order valence-electron chi connectivity index (χ3n) is 8.94. The van der Waals surface area contributed by atoms with Gasteiger partial charge in [-0.05, 0) is 38.0 Å². The number of carbonyl (C=O) groups excluding carboxylic acids is 2. The zero-order chi connectivity index (χ0) is 26.6. The average Bonchev–Trinajstić information content (AvgIpc) is 3.46. The molecule has 0 radical (unpaired) electrons. The fraction of sp³-hybridized carbons (Fsp3) is 0.643. The zero-order valence-electron chi connectivity index (χ0n) is 21.9. The summed E-state index contributed by atoms with van der Waals surface area (Å²) in [6, 6.07) is 3.37. The van der Waals surface area contributed by atoms with E-state index >= 15 is 0 Å². The summed E-state index contributed by atoms with van der Waals surface area (Å²) in [7, 11) is 1.46. The lowest BCUT2D eigenvalue weighted by Gasteiger charge is -2.48. The number of rotatable bonds is 4. The molecule has 0 unspecified atom stereocenters. The Hall–Kier alpha value is -2.46. The Bertz CT molecular complexity index is 1080. The molecule has 3 heterocycles. The van der Waals surface area contributed by atoms with Gasteiger partial charge >= 0.3 is 11.9 Å². The molecule has 1 aromatic heterocycles. The van der Waals surface area contributed by atoms with Gasteiger partial charge in [0.2, 0.25) is 0 Å². The molecule has 0 aromatic carbocycles. The number of aromatic nitrogens is 1. The maximum atomic E-state index is 13.1. The van der Waals surface area contributed by atoms with Crippen molar-refractivity contribution >= 4 is 11.9 Å². The van der Waals surface area contributed by atoms with Gasteiger partial charge in [-0.1, -0.05) is 32.1 Å². The van der Waals surface area contributed by atoms with Gasteiger partial charge in [-0.2, -0.15) is 0 Å². The van der Waals surface area contributed by atoms with Crippen LogP contribution in [0.4, 0.5) is 0 Å². The molecule has 3 N–H and O–H groups in total. The van der Waals surface area contributed by atoms with E-state index in [0.717, 1.165) is 5.57 Å². The fourth-order valence-electron chi connectivity index (χ4n) is 7.14. The smallest absolute Gasteiger partial charge is 0.355 e. The number of esters is 2.